The lowest BCUT2D eigenvalue weighted by Gasteiger charge is -2.31. The van der Waals surface area contributed by atoms with Gasteiger partial charge in [-0.3, -0.25) is 0 Å². The molecule has 0 bridgehead atoms. The van der Waals surface area contributed by atoms with Gasteiger partial charge in [0, 0.05) is 18.7 Å². The van der Waals surface area contributed by atoms with E-state index < -0.39 is 0 Å². The molecule has 104 valence electrons. The van der Waals surface area contributed by atoms with E-state index in [1.807, 2.05) is 6.07 Å². The number of aryl methyl sites for hydroxylation is 1. The molecule has 1 aliphatic heterocycles. The Kier molecular flexibility index (Phi) is 3.76. The predicted molar refractivity (Wildman–Crippen MR) is 75.3 cm³/mol. The molecule has 0 saturated carbocycles. The lowest BCUT2D eigenvalue weighted by atomic mass is 9.86. The van der Waals surface area contributed by atoms with Crippen molar-refractivity contribution in [2.75, 3.05) is 13.2 Å². The van der Waals surface area contributed by atoms with Gasteiger partial charge in [-0.25, -0.2) is 0 Å². The molecule has 0 radical (unpaired) electrons. The first kappa shape index (κ1) is 12.9. The number of ether oxygens (including phenoxy) is 1. The van der Waals surface area contributed by atoms with Crippen LogP contribution in [0.1, 0.15) is 43.4 Å². The molecule has 1 heterocycles. The van der Waals surface area contributed by atoms with E-state index in [0.29, 0.717) is 23.8 Å². The molecule has 3 nitrogen and oxygen atoms in total. The third-order valence-electron chi connectivity index (χ3n) is 4.58. The van der Waals surface area contributed by atoms with E-state index in [4.69, 9.17) is 4.74 Å². The van der Waals surface area contributed by atoms with Gasteiger partial charge in [0.25, 0.3) is 0 Å². The normalized spacial score (nSPS) is 28.1. The van der Waals surface area contributed by atoms with Gasteiger partial charge in [0.1, 0.15) is 5.75 Å². The fourth-order valence-corrected chi connectivity index (χ4v) is 3.36. The van der Waals surface area contributed by atoms with Crippen LogP contribution < -0.4 is 5.32 Å². The number of phenols is 1. The van der Waals surface area contributed by atoms with Crippen LogP contribution in [-0.4, -0.2) is 24.4 Å². The summed E-state index contributed by atoms with van der Waals surface area (Å²) in [5.41, 5.74) is 2.67. The quantitative estimate of drug-likeness (QED) is 0.879. The van der Waals surface area contributed by atoms with Gasteiger partial charge in [-0.05, 0) is 61.8 Å². The summed E-state index contributed by atoms with van der Waals surface area (Å²) in [6.45, 7) is 4.04. The van der Waals surface area contributed by atoms with Gasteiger partial charge in [0.2, 0.25) is 0 Å². The number of benzene rings is 1. The van der Waals surface area contributed by atoms with Crippen molar-refractivity contribution >= 4 is 0 Å². The summed E-state index contributed by atoms with van der Waals surface area (Å²) in [6.07, 6.45) is 4.68. The van der Waals surface area contributed by atoms with Crippen molar-refractivity contribution in [3.05, 3.63) is 29.3 Å². The highest BCUT2D eigenvalue weighted by Gasteiger charge is 2.27. The zero-order valence-corrected chi connectivity index (χ0v) is 11.6. The Morgan fingerprint density at radius 3 is 3.05 bits per heavy atom. The van der Waals surface area contributed by atoms with Gasteiger partial charge in [0.15, 0.2) is 0 Å². The summed E-state index contributed by atoms with van der Waals surface area (Å²) in [5, 5.41) is 13.5. The van der Waals surface area contributed by atoms with Crippen molar-refractivity contribution in [3.63, 3.8) is 0 Å². The first-order valence-corrected chi connectivity index (χ1v) is 7.39. The molecule has 3 atom stereocenters. The molecule has 3 unspecified atom stereocenters. The molecular weight excluding hydrogens is 238 g/mol. The van der Waals surface area contributed by atoms with Crippen LogP contribution in [0.25, 0.3) is 0 Å². The van der Waals surface area contributed by atoms with E-state index in [1.54, 1.807) is 6.07 Å². The number of aromatic hydroxyl groups is 1. The van der Waals surface area contributed by atoms with Crippen LogP contribution in [0.5, 0.6) is 5.75 Å². The number of nitrogens with one attached hydrogen (secondary N) is 1. The fourth-order valence-electron chi connectivity index (χ4n) is 3.36. The summed E-state index contributed by atoms with van der Waals surface area (Å²) in [7, 11) is 0. The maximum Gasteiger partial charge on any atom is 0.115 e. The van der Waals surface area contributed by atoms with Gasteiger partial charge >= 0.3 is 0 Å². The van der Waals surface area contributed by atoms with Crippen LogP contribution in [0.15, 0.2) is 18.2 Å². The average molecular weight is 261 g/mol. The Hall–Kier alpha value is -1.06. The second-order valence-corrected chi connectivity index (χ2v) is 5.91. The lowest BCUT2D eigenvalue weighted by Crippen LogP contribution is -2.38. The van der Waals surface area contributed by atoms with Crippen LogP contribution in [0.2, 0.25) is 0 Å². The minimum absolute atomic E-state index is 0.379. The van der Waals surface area contributed by atoms with Crippen molar-refractivity contribution < 1.29 is 9.84 Å². The largest absolute Gasteiger partial charge is 0.508 e. The predicted octanol–water partition coefficient (Wildman–Crippen LogP) is 2.78. The van der Waals surface area contributed by atoms with Crippen LogP contribution >= 0.6 is 0 Å². The minimum atomic E-state index is 0.379. The van der Waals surface area contributed by atoms with Gasteiger partial charge in [-0.1, -0.05) is 6.07 Å². The fraction of sp³-hybridized carbons (Fsp3) is 0.625. The molecule has 0 spiro atoms. The average Bonchev–Trinajstić information content (AvgIpc) is 2.93. The molecule has 1 saturated heterocycles. The Morgan fingerprint density at radius 1 is 1.37 bits per heavy atom. The molecule has 1 aromatic rings. The first-order valence-electron chi connectivity index (χ1n) is 7.39. The SMILES string of the molecule is CC(NC1CCCc2ccc(O)cc21)C1CCOC1. The van der Waals surface area contributed by atoms with Crippen molar-refractivity contribution in [1.29, 1.82) is 0 Å². The Bertz CT molecular complexity index is 440. The molecule has 3 heteroatoms. The Labute approximate surface area is 115 Å². The summed E-state index contributed by atoms with van der Waals surface area (Å²) in [4.78, 5) is 0. The summed E-state index contributed by atoms with van der Waals surface area (Å²) < 4.78 is 5.48. The highest BCUT2D eigenvalue weighted by molar-refractivity contribution is 5.38. The minimum Gasteiger partial charge on any atom is -0.508 e. The molecule has 0 aromatic heterocycles. The molecule has 3 rings (SSSR count). The van der Waals surface area contributed by atoms with Crippen molar-refractivity contribution in [3.8, 4) is 5.75 Å². The monoisotopic (exact) mass is 261 g/mol. The van der Waals surface area contributed by atoms with Gasteiger partial charge in [0.05, 0.1) is 6.61 Å². The van der Waals surface area contributed by atoms with Crippen molar-refractivity contribution in [2.45, 2.75) is 44.7 Å². The van der Waals surface area contributed by atoms with E-state index in [0.717, 1.165) is 32.5 Å². The maximum atomic E-state index is 9.70. The molecule has 1 aromatic carbocycles. The molecule has 2 aliphatic rings. The molecule has 1 aliphatic carbocycles. The smallest absolute Gasteiger partial charge is 0.115 e. The zero-order valence-electron chi connectivity index (χ0n) is 11.6. The van der Waals surface area contributed by atoms with Crippen LogP contribution in [0.4, 0.5) is 0 Å². The van der Waals surface area contributed by atoms with E-state index in [2.05, 4.69) is 18.3 Å². The standard InChI is InChI=1S/C16H23NO2/c1-11(13-7-8-19-10-13)17-16-4-2-3-12-5-6-14(18)9-15(12)16/h5-6,9,11,13,16-18H,2-4,7-8,10H2,1H3. The molecular formula is C16H23NO2. The lowest BCUT2D eigenvalue weighted by molar-refractivity contribution is 0.176. The Morgan fingerprint density at radius 2 is 2.26 bits per heavy atom. The van der Waals surface area contributed by atoms with E-state index in [9.17, 15) is 5.11 Å². The number of rotatable bonds is 3. The summed E-state index contributed by atoms with van der Waals surface area (Å²) in [5.74, 6) is 1.01. The second kappa shape index (κ2) is 5.51. The summed E-state index contributed by atoms with van der Waals surface area (Å²) >= 11 is 0. The number of fused-ring (bicyclic) bond motifs is 1. The molecule has 1 fully saturated rings. The maximum absolute atomic E-state index is 9.70. The second-order valence-electron chi connectivity index (χ2n) is 5.91. The topological polar surface area (TPSA) is 41.5 Å². The molecule has 2 N–H and O–H groups in total. The highest BCUT2D eigenvalue weighted by Crippen LogP contribution is 2.33. The van der Waals surface area contributed by atoms with E-state index in [-0.39, 0.29) is 0 Å². The summed E-state index contributed by atoms with van der Waals surface area (Å²) in [6, 6.07) is 6.66. The van der Waals surface area contributed by atoms with Crippen molar-refractivity contribution in [1.82, 2.24) is 5.32 Å². The van der Waals surface area contributed by atoms with Gasteiger partial charge in [-0.2, -0.15) is 0 Å². The van der Waals surface area contributed by atoms with E-state index in [1.165, 1.54) is 17.5 Å². The number of hydrogen-bond donors (Lipinski definition) is 2. The third-order valence-corrected chi connectivity index (χ3v) is 4.58. The van der Waals surface area contributed by atoms with Gasteiger partial charge < -0.3 is 15.2 Å². The van der Waals surface area contributed by atoms with E-state index >= 15 is 0 Å². The van der Waals surface area contributed by atoms with Crippen LogP contribution in [0, 0.1) is 5.92 Å². The molecule has 0 amide bonds. The first-order chi connectivity index (χ1) is 9.24. The van der Waals surface area contributed by atoms with Gasteiger partial charge in [-0.15, -0.1) is 0 Å². The molecule has 19 heavy (non-hydrogen) atoms. The van der Waals surface area contributed by atoms with Crippen LogP contribution in [0.3, 0.4) is 0 Å². The Balaban J connectivity index is 1.73. The third kappa shape index (κ3) is 2.77. The zero-order chi connectivity index (χ0) is 13.2. The van der Waals surface area contributed by atoms with Crippen molar-refractivity contribution in [2.24, 2.45) is 5.92 Å². The highest BCUT2D eigenvalue weighted by atomic mass is 16.5. The number of hydrogen-bond acceptors (Lipinski definition) is 3. The number of phenolic OH excluding ortho intramolecular Hbond substituents is 1. The van der Waals surface area contributed by atoms with Crippen LogP contribution in [-0.2, 0) is 11.2 Å².